The predicted molar refractivity (Wildman–Crippen MR) is 125 cm³/mol. The van der Waals surface area contributed by atoms with Gasteiger partial charge in [0.05, 0.1) is 11.6 Å². The van der Waals surface area contributed by atoms with Crippen molar-refractivity contribution < 1.29 is 9.18 Å². The van der Waals surface area contributed by atoms with Crippen LogP contribution in [0.4, 0.5) is 10.3 Å². The Kier molecular flexibility index (Phi) is 5.80. The van der Waals surface area contributed by atoms with E-state index in [0.717, 1.165) is 32.2 Å². The fourth-order valence-corrected chi connectivity index (χ4v) is 4.76. The van der Waals surface area contributed by atoms with Gasteiger partial charge in [0.25, 0.3) is 5.91 Å². The second-order valence-corrected chi connectivity index (χ2v) is 8.90. The summed E-state index contributed by atoms with van der Waals surface area (Å²) in [5.74, 6) is -0.237. The molecule has 5 rings (SSSR count). The van der Waals surface area contributed by atoms with Gasteiger partial charge >= 0.3 is 0 Å². The molecule has 4 heterocycles. The van der Waals surface area contributed by atoms with Crippen LogP contribution in [0.15, 0.2) is 42.9 Å². The van der Waals surface area contributed by atoms with Crippen LogP contribution in [0, 0.1) is 5.82 Å². The van der Waals surface area contributed by atoms with Gasteiger partial charge in [-0.1, -0.05) is 25.0 Å². The van der Waals surface area contributed by atoms with Gasteiger partial charge in [-0.15, -0.1) is 0 Å². The highest BCUT2D eigenvalue weighted by Gasteiger charge is 2.31. The lowest BCUT2D eigenvalue weighted by molar-refractivity contribution is 0.0810. The third-order valence-corrected chi connectivity index (χ3v) is 6.49. The van der Waals surface area contributed by atoms with E-state index in [1.807, 2.05) is 18.2 Å². The van der Waals surface area contributed by atoms with Crippen molar-refractivity contribution in [1.29, 1.82) is 0 Å². The average molecular weight is 450 g/mol. The number of carbonyl (C=O) groups excluding carboxylic acids is 1. The standard InChI is InChI=1S/C24H28FN7O/c1-31(2)23(33)21-20(25)18-14-28-24(30-22(18)32(21)17-5-3-4-6-17)29-19-8-7-16(13-27-19)15-9-11-26-12-10-15/h7-12,14,16-17,19,27H,3-6,13H2,1-2H3,(H,28,29,30). The topological polar surface area (TPSA) is 88.0 Å². The average Bonchev–Trinajstić information content (AvgIpc) is 3.46. The summed E-state index contributed by atoms with van der Waals surface area (Å²) in [4.78, 5) is 27.3. The zero-order valence-electron chi connectivity index (χ0n) is 18.8. The molecule has 0 spiro atoms. The van der Waals surface area contributed by atoms with Crippen LogP contribution in [0.2, 0.25) is 0 Å². The van der Waals surface area contributed by atoms with E-state index in [0.29, 0.717) is 11.6 Å². The van der Waals surface area contributed by atoms with Crippen molar-refractivity contribution in [3.8, 4) is 0 Å². The number of hydrogen-bond acceptors (Lipinski definition) is 6. The molecule has 1 amide bonds. The van der Waals surface area contributed by atoms with E-state index in [9.17, 15) is 4.79 Å². The summed E-state index contributed by atoms with van der Waals surface area (Å²) in [6.07, 6.45) is 13.1. The first-order valence-electron chi connectivity index (χ1n) is 11.4. The molecule has 1 fully saturated rings. The Bertz CT molecular complexity index is 1180. The summed E-state index contributed by atoms with van der Waals surface area (Å²) in [7, 11) is 3.27. The Hall–Kier alpha value is -3.33. The van der Waals surface area contributed by atoms with Gasteiger partial charge in [-0.2, -0.15) is 4.98 Å². The van der Waals surface area contributed by atoms with Crippen LogP contribution in [0.25, 0.3) is 11.0 Å². The Morgan fingerprint density at radius 1 is 1.21 bits per heavy atom. The van der Waals surface area contributed by atoms with Gasteiger partial charge in [0.1, 0.15) is 11.3 Å². The highest BCUT2D eigenvalue weighted by molar-refractivity contribution is 5.98. The molecule has 2 atom stereocenters. The van der Waals surface area contributed by atoms with Gasteiger partial charge in [-0.3, -0.25) is 15.1 Å². The molecule has 1 aliphatic heterocycles. The van der Waals surface area contributed by atoms with Crippen LogP contribution in [0.5, 0.6) is 0 Å². The Morgan fingerprint density at radius 2 is 1.97 bits per heavy atom. The van der Waals surface area contributed by atoms with Crippen molar-refractivity contribution in [1.82, 2.24) is 29.7 Å². The monoisotopic (exact) mass is 449 g/mol. The highest BCUT2D eigenvalue weighted by Crippen LogP contribution is 2.36. The van der Waals surface area contributed by atoms with Crippen molar-refractivity contribution >= 4 is 22.9 Å². The number of carbonyl (C=O) groups is 1. The summed E-state index contributed by atoms with van der Waals surface area (Å²) >= 11 is 0. The smallest absolute Gasteiger partial charge is 0.273 e. The molecule has 1 aliphatic carbocycles. The molecule has 9 heteroatoms. The second-order valence-electron chi connectivity index (χ2n) is 8.90. The van der Waals surface area contributed by atoms with Gasteiger partial charge < -0.3 is 14.8 Å². The molecule has 2 N–H and O–H groups in total. The Balaban J connectivity index is 1.44. The zero-order valence-corrected chi connectivity index (χ0v) is 18.8. The van der Waals surface area contributed by atoms with Crippen LogP contribution >= 0.6 is 0 Å². The zero-order chi connectivity index (χ0) is 22.9. The molecule has 0 saturated heterocycles. The molecular formula is C24H28FN7O. The van der Waals surface area contributed by atoms with Gasteiger partial charge in [0, 0.05) is 51.2 Å². The van der Waals surface area contributed by atoms with Gasteiger partial charge in [0.2, 0.25) is 5.95 Å². The summed E-state index contributed by atoms with van der Waals surface area (Å²) in [6, 6.07) is 4.09. The first kappa shape index (κ1) is 21.5. The third-order valence-electron chi connectivity index (χ3n) is 6.49. The maximum atomic E-state index is 15.4. The maximum absolute atomic E-state index is 15.4. The molecule has 3 aromatic heterocycles. The largest absolute Gasteiger partial charge is 0.343 e. The fraction of sp³-hybridized carbons (Fsp3) is 0.417. The van der Waals surface area contributed by atoms with Crippen LogP contribution < -0.4 is 10.6 Å². The molecule has 2 unspecified atom stereocenters. The number of fused-ring (bicyclic) bond motifs is 1. The summed E-state index contributed by atoms with van der Waals surface area (Å²) in [5, 5.41) is 7.00. The van der Waals surface area contributed by atoms with E-state index in [1.165, 1.54) is 16.7 Å². The number of amides is 1. The van der Waals surface area contributed by atoms with Gasteiger partial charge in [-0.25, -0.2) is 9.37 Å². The van der Waals surface area contributed by atoms with Crippen molar-refractivity contribution in [2.75, 3.05) is 26.0 Å². The first-order valence-corrected chi connectivity index (χ1v) is 11.4. The number of halogens is 1. The third kappa shape index (κ3) is 4.08. The summed E-state index contributed by atoms with van der Waals surface area (Å²) in [6.45, 7) is 0.759. The van der Waals surface area contributed by atoms with E-state index in [2.05, 4.69) is 31.7 Å². The lowest BCUT2D eigenvalue weighted by Crippen LogP contribution is -2.40. The minimum atomic E-state index is -0.543. The summed E-state index contributed by atoms with van der Waals surface area (Å²) in [5.41, 5.74) is 1.74. The van der Waals surface area contributed by atoms with Crippen molar-refractivity contribution in [2.24, 2.45) is 0 Å². The quantitative estimate of drug-likeness (QED) is 0.580. The van der Waals surface area contributed by atoms with Crippen molar-refractivity contribution in [3.63, 3.8) is 0 Å². The van der Waals surface area contributed by atoms with Crippen LogP contribution in [0.3, 0.4) is 0 Å². The SMILES string of the molecule is CN(C)C(=O)c1c(F)c2cnc(NC3C=CC(c4ccncc4)CN3)nc2n1C1CCCC1. The number of nitrogens with zero attached hydrogens (tertiary/aromatic N) is 5. The van der Waals surface area contributed by atoms with E-state index >= 15 is 4.39 Å². The predicted octanol–water partition coefficient (Wildman–Crippen LogP) is 3.46. The molecular weight excluding hydrogens is 421 g/mol. The lowest BCUT2D eigenvalue weighted by Gasteiger charge is -2.25. The molecule has 0 bridgehead atoms. The number of pyridine rings is 1. The normalized spacial score (nSPS) is 20.9. The lowest BCUT2D eigenvalue weighted by atomic mass is 9.97. The number of aromatic nitrogens is 4. The maximum Gasteiger partial charge on any atom is 0.273 e. The van der Waals surface area contributed by atoms with E-state index in [1.54, 1.807) is 31.1 Å². The van der Waals surface area contributed by atoms with E-state index in [4.69, 9.17) is 0 Å². The Morgan fingerprint density at radius 3 is 2.64 bits per heavy atom. The van der Waals surface area contributed by atoms with Crippen LogP contribution in [0.1, 0.15) is 53.7 Å². The van der Waals surface area contributed by atoms with Crippen LogP contribution in [-0.2, 0) is 0 Å². The molecule has 1 saturated carbocycles. The number of rotatable bonds is 5. The van der Waals surface area contributed by atoms with Crippen molar-refractivity contribution in [2.45, 2.75) is 43.8 Å². The molecule has 33 heavy (non-hydrogen) atoms. The molecule has 172 valence electrons. The molecule has 0 radical (unpaired) electrons. The van der Waals surface area contributed by atoms with Gasteiger partial charge in [-0.05, 0) is 30.5 Å². The molecule has 2 aliphatic rings. The Labute approximate surface area is 191 Å². The van der Waals surface area contributed by atoms with E-state index < -0.39 is 5.82 Å². The van der Waals surface area contributed by atoms with Crippen LogP contribution in [-0.4, -0.2) is 57.1 Å². The molecule has 8 nitrogen and oxygen atoms in total. The number of hydrogen-bond donors (Lipinski definition) is 2. The number of anilines is 1. The fourth-order valence-electron chi connectivity index (χ4n) is 4.76. The summed E-state index contributed by atoms with van der Waals surface area (Å²) < 4.78 is 17.2. The highest BCUT2D eigenvalue weighted by atomic mass is 19.1. The van der Waals surface area contributed by atoms with Crippen molar-refractivity contribution in [3.05, 3.63) is 59.9 Å². The minimum absolute atomic E-state index is 0.0625. The number of nitrogens with one attached hydrogen (secondary N) is 2. The molecule has 0 aromatic carbocycles. The van der Waals surface area contributed by atoms with E-state index in [-0.39, 0.29) is 35.1 Å². The minimum Gasteiger partial charge on any atom is -0.343 e. The van der Waals surface area contributed by atoms with Gasteiger partial charge in [0.15, 0.2) is 5.82 Å². The second kappa shape index (κ2) is 8.90. The molecule has 3 aromatic rings. The first-order chi connectivity index (χ1) is 16.0.